The molecule has 11 amide bonds. The van der Waals surface area contributed by atoms with E-state index in [0.717, 1.165) is 76.9 Å². The van der Waals surface area contributed by atoms with Crippen molar-refractivity contribution in [1.82, 2.24) is 68.0 Å². The monoisotopic (exact) mass is 2180 g/mol. The SMILES string of the molecule is CN[C@H](CC(C)C)C(=O)N[C@H]1C(=O)N[C@@H](CC(N)=O)C(=O)N[C@H]2C(=O)NC3C(=O)NC(C(=O)N[C@H](C(=O)O)c4cc(O)c(CNCCNC(=O)CCCCC(=O)N(C)Cc5cc[n+](CC6=C(C(=O)O)N7C(=O)[C@@H](NC(=O)/C(=N\OC)c8nc(N)sc8Cl)[C@H]7SC6)cc5)c(O)c4-c4cc3ccc4O)[C@H](O)c3ccc(c(Cl)c3)Oc3cc2cc(c3O[C@@H]2O[C@H](CO)[C@@H](O)[C@H](O)[C@H]2O[C@H]2C[C@](C)(N)[C@H](O)[C@H](C)O2)Oc2ccc(cc2Cl)[C@H]1O. The lowest BCUT2D eigenvalue weighted by Gasteiger charge is -2.49. The lowest BCUT2D eigenvalue weighted by atomic mass is 9.86. The van der Waals surface area contributed by atoms with E-state index in [1.54, 1.807) is 50.0 Å². The summed E-state index contributed by atoms with van der Waals surface area (Å²) in [7, 11) is 4.24. The Hall–Kier alpha value is -13.5. The van der Waals surface area contributed by atoms with Gasteiger partial charge in [0.2, 0.25) is 65.2 Å². The van der Waals surface area contributed by atoms with Crippen LogP contribution in [0.25, 0.3) is 11.1 Å². The molecule has 3 saturated heterocycles. The van der Waals surface area contributed by atoms with E-state index in [0.29, 0.717) is 11.1 Å². The van der Waals surface area contributed by atoms with Gasteiger partial charge in [-0.15, -0.1) is 11.8 Å². The molecule has 804 valence electrons. The number of ether oxygens (including phenoxy) is 6. The number of benzene rings is 5. The van der Waals surface area contributed by atoms with Crippen molar-refractivity contribution >= 4 is 146 Å². The number of carboxylic acids is 2. The maximum absolute atomic E-state index is 16.5. The van der Waals surface area contributed by atoms with Crippen molar-refractivity contribution < 1.29 is 156 Å². The molecule has 16 rings (SSSR count). The standard InChI is InChI=1S/C96H111Cl3N18O31S2/c1-38(2)24-51(103-5)83(130)110-70-74(124)42-13-16-55(49(97)26-42)144-57-28-44-29-58(79(57)148-94-80(78(128)77(127)59(36-118)146-94)147-63-32-96(4,102)81(129)39(3)143-63)145-56-17-14-43(27-50(56)98)75(125)71-89(136)109-67(92(138)139)47-30-54(120)48(76(126)64(47)46-25-41(12-15-53(46)119)65(85(132)111-71)108-86(133)66(44)107-84(131)52(31-60(100)121)106-88(70)135)33-104-20-21-105-61(122)10-8-9-11-62(123)115(6)34-40-18-22-116(23-19-40)35-45-37-149-91-72(90(137)117(91)73(45)93(140)141)112-87(134)69(114-142-7)68-82(99)150-95(101)113-68/h12-19,22-23,25-30,38-39,51-52,59,63,65-67,70-72,74-75,77-78,80-81,91,94,103-104,118,124-125,127-129H,8-11,20-21,24,31-37,102H2,1-7H3,(H16-,100,101,105,106,107,108,109,110,111,112,113,114,119,120,121,122,126,130,131,132,133,134,135,136,138,139,140,141)/p+1/t39-,51+,52-,59+,63-,65?,66+,67-,70+,71?,72+,74+,75+,77+,78-,80+,81+,91+,94-,96-/m0/s1. The van der Waals surface area contributed by atoms with Crippen molar-refractivity contribution in [2.24, 2.45) is 22.5 Å². The van der Waals surface area contributed by atoms with Gasteiger partial charge in [0.15, 0.2) is 59.7 Å². The number of aromatic hydroxyl groups is 3. The minimum absolute atomic E-state index is 0.0356. The van der Waals surface area contributed by atoms with Crippen LogP contribution in [0, 0.1) is 5.92 Å². The number of primary amides is 1. The Balaban J connectivity index is 0.733. The molecule has 49 nitrogen and oxygen atoms in total. The number of halogens is 3. The first-order chi connectivity index (χ1) is 71.1. The molecule has 11 heterocycles. The van der Waals surface area contributed by atoms with Gasteiger partial charge in [-0.1, -0.05) is 83.3 Å². The number of phenolic OH excluding ortho intramolecular Hbond substituents is 3. The molecular weight excluding hydrogens is 2070 g/mol. The molecule has 27 N–H and O–H groups in total. The number of β-lactam (4-membered cyclic amide) rings is 1. The van der Waals surface area contributed by atoms with Gasteiger partial charge in [0.1, 0.15) is 124 Å². The summed E-state index contributed by atoms with van der Waals surface area (Å²) in [5.41, 5.74) is 13.4. The normalized spacial score (nSPS) is 25.6. The number of thioether (sulfide) groups is 1. The number of aromatic nitrogens is 2. The predicted molar refractivity (Wildman–Crippen MR) is 530 cm³/mol. The summed E-state index contributed by atoms with van der Waals surface area (Å²) in [5, 5.41) is 157. The molecule has 9 aliphatic heterocycles. The van der Waals surface area contributed by atoms with Crippen molar-refractivity contribution in [2.45, 2.75) is 213 Å². The number of unbranched alkanes of at least 4 members (excludes halogenated alkanes) is 1. The highest BCUT2D eigenvalue weighted by Gasteiger charge is 2.57. The molecule has 11 bridgehead atoms. The average Bonchev–Trinajstić information content (AvgIpc) is 0.841. The number of carbonyl (C=O) groups excluding carboxylic acids is 11. The lowest BCUT2D eigenvalue weighted by Crippen LogP contribution is -2.71. The number of nitrogens with two attached hydrogens (primary N) is 3. The molecule has 2 aromatic heterocycles. The number of nitrogens with one attached hydrogen (secondary N) is 10. The van der Waals surface area contributed by atoms with Gasteiger partial charge in [-0.3, -0.25) is 57.6 Å². The molecule has 54 heteroatoms. The summed E-state index contributed by atoms with van der Waals surface area (Å²) in [6.45, 7) is 5.11. The predicted octanol–water partition coefficient (Wildman–Crippen LogP) is 0.300. The Labute approximate surface area is 877 Å². The fraction of sp³-hybridized carbons (Fsp3) is 0.438. The van der Waals surface area contributed by atoms with E-state index in [4.69, 9.17) is 85.3 Å². The number of aliphatic hydroxyl groups excluding tert-OH is 6. The Bertz CT molecular complexity index is 6470. The van der Waals surface area contributed by atoms with Crippen molar-refractivity contribution in [3.05, 3.63) is 168 Å². The van der Waals surface area contributed by atoms with Gasteiger partial charge in [-0.2, -0.15) is 0 Å². The van der Waals surface area contributed by atoms with E-state index in [9.17, 15) is 94.5 Å². The third-order valence-electron chi connectivity index (χ3n) is 26.0. The molecule has 0 saturated carbocycles. The molecule has 20 atom stereocenters. The van der Waals surface area contributed by atoms with Crippen molar-refractivity contribution in [3.8, 4) is 57.1 Å². The smallest absolute Gasteiger partial charge is 0.352 e. The number of amides is 11. The maximum atomic E-state index is 16.5. The van der Waals surface area contributed by atoms with Gasteiger partial charge in [0.05, 0.1) is 46.9 Å². The van der Waals surface area contributed by atoms with Crippen LogP contribution in [0.3, 0.4) is 0 Å². The Morgan fingerprint density at radius 3 is 2.01 bits per heavy atom. The van der Waals surface area contributed by atoms with Crippen LogP contribution in [0.5, 0.6) is 46.0 Å². The highest BCUT2D eigenvalue weighted by Crippen LogP contribution is 2.52. The van der Waals surface area contributed by atoms with E-state index in [-0.39, 0.29) is 126 Å². The second-order valence-electron chi connectivity index (χ2n) is 37.2. The Kier molecular flexibility index (Phi) is 35.7. The molecule has 0 radical (unpaired) electrons. The fourth-order valence-corrected chi connectivity index (χ4v) is 20.8. The number of thiazole rings is 1. The van der Waals surface area contributed by atoms with Crippen LogP contribution in [0.1, 0.15) is 148 Å². The van der Waals surface area contributed by atoms with E-state index in [1.165, 1.54) is 56.8 Å². The zero-order valence-corrected chi connectivity index (χ0v) is 85.1. The molecule has 0 aliphatic carbocycles. The van der Waals surface area contributed by atoms with Crippen LogP contribution in [-0.2, 0) is 101 Å². The Morgan fingerprint density at radius 2 is 1.40 bits per heavy atom. The number of fused-ring (bicyclic) bond motifs is 16. The van der Waals surface area contributed by atoms with Gasteiger partial charge in [0, 0.05) is 98.2 Å². The topological polar surface area (TPSA) is 743 Å². The molecule has 3 fully saturated rings. The number of carboxylic acid groups (broad SMARTS) is 2. The van der Waals surface area contributed by atoms with Crippen molar-refractivity contribution in [1.29, 1.82) is 0 Å². The first-order valence-corrected chi connectivity index (χ1v) is 50.1. The molecule has 7 aromatic rings. The number of oxime groups is 1. The second-order valence-corrected chi connectivity index (χ2v) is 40.8. The lowest BCUT2D eigenvalue weighted by molar-refractivity contribution is -0.689. The first-order valence-electron chi connectivity index (χ1n) is 47.1. The number of pyridine rings is 1. The fourth-order valence-electron chi connectivity index (χ4n) is 18.1. The number of hydrogen-bond donors (Lipinski definition) is 24. The Morgan fingerprint density at radius 1 is 0.753 bits per heavy atom. The zero-order chi connectivity index (χ0) is 109. The number of rotatable bonds is 32. The molecule has 150 heavy (non-hydrogen) atoms. The number of anilines is 1. The number of aliphatic carboxylic acids is 2. The van der Waals surface area contributed by atoms with Crippen molar-refractivity contribution in [2.75, 3.05) is 52.4 Å². The third kappa shape index (κ3) is 25.0. The highest BCUT2D eigenvalue weighted by atomic mass is 35.5. The third-order valence-corrected chi connectivity index (χ3v) is 29.0. The largest absolute Gasteiger partial charge is 0.507 e. The van der Waals surface area contributed by atoms with Gasteiger partial charge < -0.3 is 165 Å². The molecule has 9 aliphatic rings. The molecular formula is C96H112Cl3N18O31S2+. The minimum Gasteiger partial charge on any atom is -0.507 e. The van der Waals surface area contributed by atoms with Crippen molar-refractivity contribution in [3.63, 3.8) is 0 Å². The van der Waals surface area contributed by atoms with Gasteiger partial charge >= 0.3 is 11.9 Å². The number of hydrogen-bond acceptors (Lipinski definition) is 37. The summed E-state index contributed by atoms with van der Waals surface area (Å²) in [6, 6.07) is -0.0465. The van der Waals surface area contributed by atoms with Gasteiger partial charge in [0.25, 0.3) is 11.8 Å². The van der Waals surface area contributed by atoms with Crippen LogP contribution >= 0.6 is 57.9 Å². The molecule has 5 aromatic carbocycles. The average molecular weight is 2180 g/mol. The molecule has 0 spiro atoms. The number of likely N-dealkylation sites (N-methyl/N-ethyl adjacent to an activating group) is 1. The summed E-state index contributed by atoms with van der Waals surface area (Å²) in [6.07, 6.45) is -15.3. The minimum atomic E-state index is -2.44. The number of nitrogen functional groups attached to an aromatic ring is 1. The quantitative estimate of drug-likeness (QED) is 0.00886. The van der Waals surface area contributed by atoms with E-state index in [1.807, 2.05) is 0 Å². The summed E-state index contributed by atoms with van der Waals surface area (Å²) in [4.78, 5) is 198. The van der Waals surface area contributed by atoms with Gasteiger partial charge in [-0.25, -0.2) is 19.1 Å². The van der Waals surface area contributed by atoms with Crippen LogP contribution in [0.2, 0.25) is 14.4 Å². The summed E-state index contributed by atoms with van der Waals surface area (Å²) < 4.78 is 40.4. The summed E-state index contributed by atoms with van der Waals surface area (Å²) >= 11 is 22.7. The number of carbonyl (C=O) groups is 13. The number of nitrogens with zero attached hydrogens (tertiary/aromatic N) is 5. The molecule has 2 unspecified atom stereocenters. The van der Waals surface area contributed by atoms with E-state index >= 15 is 24.0 Å². The number of phenols is 3. The first kappa shape index (κ1) is 112. The highest BCUT2D eigenvalue weighted by molar-refractivity contribution is 8.00. The van der Waals surface area contributed by atoms with Gasteiger partial charge in [-0.05, 0) is 128 Å². The van der Waals surface area contributed by atoms with E-state index < -0.39 is 295 Å². The van der Waals surface area contributed by atoms with Crippen LogP contribution in [0.15, 0.2) is 114 Å². The summed E-state index contributed by atoms with van der Waals surface area (Å²) in [5.74, 6) is -20.4. The maximum Gasteiger partial charge on any atom is 0.352 e. The van der Waals surface area contributed by atoms with E-state index in [2.05, 4.69) is 63.3 Å². The zero-order valence-electron chi connectivity index (χ0n) is 81.2. The van der Waals surface area contributed by atoms with Crippen LogP contribution < -0.4 is 89.1 Å². The number of aliphatic hydroxyl groups is 6. The second kappa shape index (κ2) is 47.8. The van der Waals surface area contributed by atoms with Crippen LogP contribution in [0.4, 0.5) is 5.13 Å². The van der Waals surface area contributed by atoms with Crippen LogP contribution in [-0.4, -0.2) is 291 Å².